The zero-order valence-electron chi connectivity index (χ0n) is 10.0. The fourth-order valence-electron chi connectivity index (χ4n) is 2.12. The Bertz CT molecular complexity index is 722. The number of rotatable bonds is 2. The molecule has 4 rings (SSSR count). The van der Waals surface area contributed by atoms with E-state index < -0.39 is 0 Å². The van der Waals surface area contributed by atoms with Gasteiger partial charge in [0.05, 0.1) is 0 Å². The van der Waals surface area contributed by atoms with E-state index >= 15 is 0 Å². The van der Waals surface area contributed by atoms with Crippen LogP contribution in [0.4, 0.5) is 0 Å². The molecule has 0 bridgehead atoms. The summed E-state index contributed by atoms with van der Waals surface area (Å²) in [7, 11) is 0. The summed E-state index contributed by atoms with van der Waals surface area (Å²) in [5.74, 6) is 1.24. The third-order valence-electron chi connectivity index (χ3n) is 2.98. The van der Waals surface area contributed by atoms with E-state index in [4.69, 9.17) is 8.83 Å². The molecule has 0 amide bonds. The number of nitrogens with zero attached hydrogens (tertiary/aromatic N) is 2. The third kappa shape index (κ3) is 1.78. The maximum atomic E-state index is 5.66. The molecule has 0 fully saturated rings. The van der Waals surface area contributed by atoms with Gasteiger partial charge in [-0.05, 0) is 24.3 Å². The molecule has 0 aliphatic carbocycles. The van der Waals surface area contributed by atoms with Crippen LogP contribution in [0, 0.1) is 0 Å². The number of oxazole rings is 2. The monoisotopic (exact) mass is 250 g/mol. The SMILES string of the molecule is c1ccc2oc(Cc3nc4ccccc4o3)nc2c1. The number of hydrogen-bond acceptors (Lipinski definition) is 4. The van der Waals surface area contributed by atoms with Crippen LogP contribution >= 0.6 is 0 Å². The molecular formula is C15H10N2O2. The largest absolute Gasteiger partial charge is 0.440 e. The first kappa shape index (κ1) is 10.3. The molecule has 0 radical (unpaired) electrons. The van der Waals surface area contributed by atoms with Gasteiger partial charge in [0.25, 0.3) is 0 Å². The highest BCUT2D eigenvalue weighted by Gasteiger charge is 2.11. The van der Waals surface area contributed by atoms with Gasteiger partial charge in [-0.3, -0.25) is 0 Å². The Balaban J connectivity index is 1.73. The highest BCUT2D eigenvalue weighted by molar-refractivity contribution is 5.73. The third-order valence-corrected chi connectivity index (χ3v) is 2.98. The van der Waals surface area contributed by atoms with Gasteiger partial charge in [0.2, 0.25) is 11.8 Å². The first-order valence-electron chi connectivity index (χ1n) is 6.07. The van der Waals surface area contributed by atoms with Crippen LogP contribution in [0.2, 0.25) is 0 Å². The van der Waals surface area contributed by atoms with Crippen molar-refractivity contribution in [3.63, 3.8) is 0 Å². The Kier molecular flexibility index (Phi) is 2.14. The fraction of sp³-hybridized carbons (Fsp3) is 0.0667. The lowest BCUT2D eigenvalue weighted by molar-refractivity contribution is 0.488. The molecule has 0 atom stereocenters. The molecule has 4 heteroatoms. The molecule has 19 heavy (non-hydrogen) atoms. The average Bonchev–Trinajstić information content (AvgIpc) is 3.00. The van der Waals surface area contributed by atoms with Crippen LogP contribution in [0.5, 0.6) is 0 Å². The molecule has 0 unspecified atom stereocenters. The van der Waals surface area contributed by atoms with E-state index in [2.05, 4.69) is 9.97 Å². The van der Waals surface area contributed by atoms with Gasteiger partial charge in [-0.1, -0.05) is 24.3 Å². The van der Waals surface area contributed by atoms with Crippen molar-refractivity contribution < 1.29 is 8.83 Å². The van der Waals surface area contributed by atoms with Crippen LogP contribution in [0.25, 0.3) is 22.2 Å². The molecule has 2 aromatic heterocycles. The van der Waals surface area contributed by atoms with Crippen LogP contribution in [0.15, 0.2) is 57.4 Å². The first-order valence-corrected chi connectivity index (χ1v) is 6.07. The van der Waals surface area contributed by atoms with E-state index in [1.165, 1.54) is 0 Å². The Morgan fingerprint density at radius 1 is 0.684 bits per heavy atom. The number of hydrogen-bond donors (Lipinski definition) is 0. The van der Waals surface area contributed by atoms with E-state index in [0.29, 0.717) is 18.2 Å². The molecule has 2 aromatic carbocycles. The van der Waals surface area contributed by atoms with Gasteiger partial charge in [0.1, 0.15) is 17.5 Å². The lowest BCUT2D eigenvalue weighted by Crippen LogP contribution is -1.87. The van der Waals surface area contributed by atoms with Gasteiger partial charge in [0, 0.05) is 0 Å². The van der Waals surface area contributed by atoms with Crippen LogP contribution in [-0.2, 0) is 6.42 Å². The summed E-state index contributed by atoms with van der Waals surface area (Å²) in [5.41, 5.74) is 3.28. The lowest BCUT2D eigenvalue weighted by atomic mass is 10.3. The van der Waals surface area contributed by atoms with Crippen molar-refractivity contribution in [2.45, 2.75) is 6.42 Å². The predicted octanol–water partition coefficient (Wildman–Crippen LogP) is 3.56. The molecule has 0 saturated heterocycles. The molecule has 0 aliphatic heterocycles. The Morgan fingerprint density at radius 3 is 1.63 bits per heavy atom. The molecule has 4 nitrogen and oxygen atoms in total. The van der Waals surface area contributed by atoms with E-state index in [1.807, 2.05) is 48.5 Å². The second-order valence-electron chi connectivity index (χ2n) is 4.33. The molecule has 0 saturated carbocycles. The number of para-hydroxylation sites is 4. The zero-order chi connectivity index (χ0) is 12.7. The number of benzene rings is 2. The van der Waals surface area contributed by atoms with E-state index in [1.54, 1.807) is 0 Å². The van der Waals surface area contributed by atoms with Crippen LogP contribution in [0.1, 0.15) is 11.8 Å². The first-order chi connectivity index (χ1) is 9.38. The fourth-order valence-corrected chi connectivity index (χ4v) is 2.12. The van der Waals surface area contributed by atoms with Crippen LogP contribution in [0.3, 0.4) is 0 Å². The van der Waals surface area contributed by atoms with Crippen molar-refractivity contribution in [1.82, 2.24) is 9.97 Å². The van der Waals surface area contributed by atoms with E-state index in [0.717, 1.165) is 22.2 Å². The smallest absolute Gasteiger partial charge is 0.204 e. The Labute approximate surface area is 108 Å². The summed E-state index contributed by atoms with van der Waals surface area (Å²) in [5, 5.41) is 0. The minimum atomic E-state index is 0.462. The number of aromatic nitrogens is 2. The summed E-state index contributed by atoms with van der Waals surface area (Å²) in [4.78, 5) is 8.82. The number of fused-ring (bicyclic) bond motifs is 2. The summed E-state index contributed by atoms with van der Waals surface area (Å²) in [6.07, 6.45) is 0.462. The van der Waals surface area contributed by atoms with Gasteiger partial charge in [-0.15, -0.1) is 0 Å². The molecule has 0 aliphatic rings. The second kappa shape index (κ2) is 3.95. The average molecular weight is 250 g/mol. The summed E-state index contributed by atoms with van der Waals surface area (Å²) in [6.45, 7) is 0. The highest BCUT2D eigenvalue weighted by Crippen LogP contribution is 2.20. The topological polar surface area (TPSA) is 52.1 Å². The predicted molar refractivity (Wildman–Crippen MR) is 70.8 cm³/mol. The van der Waals surface area contributed by atoms with Crippen LogP contribution in [-0.4, -0.2) is 9.97 Å². The summed E-state index contributed by atoms with van der Waals surface area (Å²) in [6, 6.07) is 15.4. The van der Waals surface area contributed by atoms with Gasteiger partial charge in [-0.2, -0.15) is 0 Å². The summed E-state index contributed by atoms with van der Waals surface area (Å²) < 4.78 is 11.3. The van der Waals surface area contributed by atoms with Crippen molar-refractivity contribution in [2.75, 3.05) is 0 Å². The zero-order valence-corrected chi connectivity index (χ0v) is 10.0. The summed E-state index contributed by atoms with van der Waals surface area (Å²) >= 11 is 0. The van der Waals surface area contributed by atoms with E-state index in [-0.39, 0.29) is 0 Å². The van der Waals surface area contributed by atoms with Gasteiger partial charge < -0.3 is 8.83 Å². The standard InChI is InChI=1S/C15H10N2O2/c1-3-7-12-10(5-1)16-14(18-12)9-15-17-11-6-2-4-8-13(11)19-15/h1-8H,9H2. The van der Waals surface area contributed by atoms with Gasteiger partial charge in [-0.25, -0.2) is 9.97 Å². The normalized spacial score (nSPS) is 11.4. The van der Waals surface area contributed by atoms with Crippen molar-refractivity contribution in [1.29, 1.82) is 0 Å². The quantitative estimate of drug-likeness (QED) is 0.545. The van der Waals surface area contributed by atoms with Crippen molar-refractivity contribution in [2.24, 2.45) is 0 Å². The molecular weight excluding hydrogens is 240 g/mol. The van der Waals surface area contributed by atoms with Crippen molar-refractivity contribution >= 4 is 22.2 Å². The maximum Gasteiger partial charge on any atom is 0.204 e. The maximum absolute atomic E-state index is 5.66. The molecule has 92 valence electrons. The van der Waals surface area contributed by atoms with Crippen LogP contribution < -0.4 is 0 Å². The van der Waals surface area contributed by atoms with Gasteiger partial charge >= 0.3 is 0 Å². The molecule has 2 heterocycles. The van der Waals surface area contributed by atoms with Gasteiger partial charge in [0.15, 0.2) is 11.2 Å². The Morgan fingerprint density at radius 2 is 1.16 bits per heavy atom. The highest BCUT2D eigenvalue weighted by atomic mass is 16.4. The minimum Gasteiger partial charge on any atom is -0.440 e. The molecule has 4 aromatic rings. The Hall–Kier alpha value is -2.62. The van der Waals surface area contributed by atoms with E-state index in [9.17, 15) is 0 Å². The minimum absolute atomic E-state index is 0.462. The molecule has 0 spiro atoms. The van der Waals surface area contributed by atoms with Crippen molar-refractivity contribution in [3.05, 3.63) is 60.3 Å². The molecule has 0 N–H and O–H groups in total. The second-order valence-corrected chi connectivity index (χ2v) is 4.33. The lowest BCUT2D eigenvalue weighted by Gasteiger charge is -1.87. The van der Waals surface area contributed by atoms with Crippen molar-refractivity contribution in [3.8, 4) is 0 Å².